The van der Waals surface area contributed by atoms with Crippen LogP contribution in [0.3, 0.4) is 0 Å². The lowest BCUT2D eigenvalue weighted by Gasteiger charge is -2.26. The van der Waals surface area contributed by atoms with Gasteiger partial charge in [-0.25, -0.2) is 4.79 Å². The van der Waals surface area contributed by atoms with Crippen LogP contribution in [0.25, 0.3) is 0 Å². The predicted octanol–water partition coefficient (Wildman–Crippen LogP) is -0.478. The van der Waals surface area contributed by atoms with Gasteiger partial charge in [0.05, 0.1) is 12.6 Å². The van der Waals surface area contributed by atoms with Gasteiger partial charge in [-0.15, -0.1) is 0 Å². The molecule has 1 atom stereocenters. The van der Waals surface area contributed by atoms with Crippen molar-refractivity contribution in [3.8, 4) is 0 Å². The summed E-state index contributed by atoms with van der Waals surface area (Å²) in [7, 11) is 0. The van der Waals surface area contributed by atoms with Crippen molar-refractivity contribution < 1.29 is 9.59 Å². The van der Waals surface area contributed by atoms with E-state index in [1.807, 2.05) is 13.8 Å². The summed E-state index contributed by atoms with van der Waals surface area (Å²) >= 11 is 0. The molecular weight excluding hydrogens is 170 g/mol. The van der Waals surface area contributed by atoms with E-state index in [1.54, 1.807) is 0 Å². The number of nitrogens with zero attached hydrogens (tertiary/aromatic N) is 1. The topological polar surface area (TPSA) is 75.4 Å². The van der Waals surface area contributed by atoms with Crippen molar-refractivity contribution in [1.29, 1.82) is 0 Å². The Bertz CT molecular complexity index is 211. The van der Waals surface area contributed by atoms with Gasteiger partial charge in [-0.3, -0.25) is 9.69 Å². The molecule has 0 aliphatic carbocycles. The van der Waals surface area contributed by atoms with Crippen LogP contribution in [0.1, 0.15) is 13.8 Å². The maximum Gasteiger partial charge on any atom is 0.324 e. The van der Waals surface area contributed by atoms with Gasteiger partial charge in [0.15, 0.2) is 0 Å². The lowest BCUT2D eigenvalue weighted by molar-refractivity contribution is -0.127. The van der Waals surface area contributed by atoms with Crippen LogP contribution in [-0.2, 0) is 4.79 Å². The summed E-state index contributed by atoms with van der Waals surface area (Å²) in [6, 6.07) is -0.510. The molecule has 74 valence electrons. The van der Waals surface area contributed by atoms with E-state index in [0.29, 0.717) is 6.54 Å². The van der Waals surface area contributed by atoms with Gasteiger partial charge in [-0.2, -0.15) is 0 Å². The highest BCUT2D eigenvalue weighted by Crippen LogP contribution is 2.12. The summed E-state index contributed by atoms with van der Waals surface area (Å²) < 4.78 is 0. The smallest absolute Gasteiger partial charge is 0.324 e. The maximum absolute atomic E-state index is 11.3. The second kappa shape index (κ2) is 3.74. The third-order valence-corrected chi connectivity index (χ3v) is 2.22. The molecule has 13 heavy (non-hydrogen) atoms. The van der Waals surface area contributed by atoms with E-state index in [2.05, 4.69) is 5.32 Å². The van der Waals surface area contributed by atoms with Crippen molar-refractivity contribution in [1.82, 2.24) is 10.2 Å². The van der Waals surface area contributed by atoms with Crippen molar-refractivity contribution in [2.45, 2.75) is 19.9 Å². The molecule has 0 spiro atoms. The lowest BCUT2D eigenvalue weighted by atomic mass is 10.0. The van der Waals surface area contributed by atoms with Crippen LogP contribution >= 0.6 is 0 Å². The second-order valence-corrected chi connectivity index (χ2v) is 3.47. The summed E-state index contributed by atoms with van der Waals surface area (Å²) in [4.78, 5) is 23.7. The van der Waals surface area contributed by atoms with Gasteiger partial charge in [0.2, 0.25) is 5.91 Å². The Morgan fingerprint density at radius 3 is 2.46 bits per heavy atom. The third-order valence-electron chi connectivity index (χ3n) is 2.22. The lowest BCUT2D eigenvalue weighted by Crippen LogP contribution is -2.47. The number of rotatable bonds is 3. The van der Waals surface area contributed by atoms with Gasteiger partial charge in [0, 0.05) is 6.54 Å². The van der Waals surface area contributed by atoms with Crippen LogP contribution in [0.15, 0.2) is 0 Å². The number of imide groups is 1. The molecule has 0 saturated carbocycles. The average molecular weight is 185 g/mol. The molecule has 1 saturated heterocycles. The fourth-order valence-corrected chi connectivity index (χ4v) is 1.45. The Hall–Kier alpha value is -1.10. The fraction of sp³-hybridized carbons (Fsp3) is 0.750. The minimum Gasteiger partial charge on any atom is -0.329 e. The minimum atomic E-state index is -0.325. The molecular formula is C8H15N3O2. The Kier molecular flexibility index (Phi) is 2.87. The zero-order valence-corrected chi connectivity index (χ0v) is 7.91. The Labute approximate surface area is 77.3 Å². The molecule has 0 aromatic rings. The maximum atomic E-state index is 11.3. The summed E-state index contributed by atoms with van der Waals surface area (Å²) in [5, 5.41) is 2.47. The number of amides is 3. The zero-order chi connectivity index (χ0) is 10.0. The van der Waals surface area contributed by atoms with Crippen LogP contribution in [0.5, 0.6) is 0 Å². The molecule has 1 aliphatic rings. The van der Waals surface area contributed by atoms with Gasteiger partial charge in [-0.05, 0) is 5.92 Å². The first-order valence-corrected chi connectivity index (χ1v) is 4.38. The van der Waals surface area contributed by atoms with E-state index in [-0.39, 0.29) is 30.4 Å². The Morgan fingerprint density at radius 1 is 1.54 bits per heavy atom. The molecule has 0 radical (unpaired) electrons. The van der Waals surface area contributed by atoms with Crippen molar-refractivity contribution in [2.75, 3.05) is 13.1 Å². The molecule has 1 fully saturated rings. The normalized spacial score (nSPS) is 19.5. The number of hydrogen-bond acceptors (Lipinski definition) is 3. The number of urea groups is 1. The monoisotopic (exact) mass is 185 g/mol. The quantitative estimate of drug-likeness (QED) is 0.583. The Morgan fingerprint density at radius 2 is 2.15 bits per heavy atom. The largest absolute Gasteiger partial charge is 0.329 e. The van der Waals surface area contributed by atoms with Crippen molar-refractivity contribution >= 4 is 11.9 Å². The van der Waals surface area contributed by atoms with Crippen LogP contribution in [0.4, 0.5) is 4.79 Å². The molecule has 0 bridgehead atoms. The number of nitrogens with two attached hydrogens (primary N) is 1. The van der Waals surface area contributed by atoms with Gasteiger partial charge in [-0.1, -0.05) is 13.8 Å². The van der Waals surface area contributed by atoms with Gasteiger partial charge >= 0.3 is 6.03 Å². The van der Waals surface area contributed by atoms with Crippen molar-refractivity contribution in [3.05, 3.63) is 0 Å². The van der Waals surface area contributed by atoms with Crippen LogP contribution < -0.4 is 11.1 Å². The number of nitrogens with one attached hydrogen (secondary N) is 1. The van der Waals surface area contributed by atoms with Crippen molar-refractivity contribution in [3.63, 3.8) is 0 Å². The predicted molar refractivity (Wildman–Crippen MR) is 47.9 cm³/mol. The second-order valence-electron chi connectivity index (χ2n) is 3.47. The molecule has 1 rings (SSSR count). The SMILES string of the molecule is CC(C)C(CN)N1C(=O)CNC1=O. The minimum absolute atomic E-state index is 0.0993. The molecule has 0 aromatic carbocycles. The summed E-state index contributed by atoms with van der Waals surface area (Å²) in [6.07, 6.45) is 0. The molecule has 5 heteroatoms. The number of carbonyl (C=O) groups excluding carboxylic acids is 2. The van der Waals surface area contributed by atoms with Crippen LogP contribution in [0, 0.1) is 5.92 Å². The molecule has 1 unspecified atom stereocenters. The highest BCUT2D eigenvalue weighted by Gasteiger charge is 2.35. The fourth-order valence-electron chi connectivity index (χ4n) is 1.45. The number of carbonyl (C=O) groups is 2. The summed E-state index contributed by atoms with van der Waals surface area (Å²) in [5.74, 6) is 0.00644. The molecule has 5 nitrogen and oxygen atoms in total. The van der Waals surface area contributed by atoms with Crippen LogP contribution in [-0.4, -0.2) is 36.0 Å². The first-order chi connectivity index (χ1) is 6.07. The van der Waals surface area contributed by atoms with Gasteiger partial charge in [0.25, 0.3) is 0 Å². The van der Waals surface area contributed by atoms with E-state index >= 15 is 0 Å². The molecule has 1 heterocycles. The van der Waals surface area contributed by atoms with Crippen molar-refractivity contribution in [2.24, 2.45) is 11.7 Å². The van der Waals surface area contributed by atoms with E-state index in [1.165, 1.54) is 4.90 Å². The van der Waals surface area contributed by atoms with Gasteiger partial charge < -0.3 is 11.1 Å². The Balaban J connectivity index is 2.77. The van der Waals surface area contributed by atoms with E-state index in [0.717, 1.165) is 0 Å². The zero-order valence-electron chi connectivity index (χ0n) is 7.91. The standard InChI is InChI=1S/C8H15N3O2/c1-5(2)6(3-9)11-7(12)4-10-8(11)13/h5-6H,3-4,9H2,1-2H3,(H,10,13). The van der Waals surface area contributed by atoms with E-state index < -0.39 is 0 Å². The molecule has 1 aliphatic heterocycles. The summed E-state index contributed by atoms with van der Waals surface area (Å²) in [6.45, 7) is 4.30. The molecule has 3 amide bonds. The highest BCUT2D eigenvalue weighted by molar-refractivity contribution is 6.02. The van der Waals surface area contributed by atoms with Crippen LogP contribution in [0.2, 0.25) is 0 Å². The average Bonchev–Trinajstić information content (AvgIpc) is 2.36. The van der Waals surface area contributed by atoms with E-state index in [9.17, 15) is 9.59 Å². The third kappa shape index (κ3) is 1.80. The first kappa shape index (κ1) is 9.98. The highest BCUT2D eigenvalue weighted by atomic mass is 16.2. The first-order valence-electron chi connectivity index (χ1n) is 4.38. The summed E-state index contributed by atoms with van der Waals surface area (Å²) in [5.41, 5.74) is 5.50. The van der Waals surface area contributed by atoms with E-state index in [4.69, 9.17) is 5.73 Å². The molecule has 3 N–H and O–H groups in total. The van der Waals surface area contributed by atoms with Gasteiger partial charge in [0.1, 0.15) is 0 Å². The molecule has 0 aromatic heterocycles. The number of hydrogen-bond donors (Lipinski definition) is 2.